The number of Topliss-reactive ketones (excluding diaryl/α,β-unsaturated/α-hetero) is 1. The maximum absolute atomic E-state index is 11.5. The number of carbonyl (C=O) groups excluding carboxylic acids is 1. The topological polar surface area (TPSA) is 29.1 Å². The zero-order chi connectivity index (χ0) is 9.90. The summed E-state index contributed by atoms with van der Waals surface area (Å²) in [5, 5.41) is 3.17. The molecule has 0 aliphatic carbocycles. The van der Waals surface area contributed by atoms with Crippen LogP contribution in [-0.2, 0) is 4.79 Å². The van der Waals surface area contributed by atoms with Gasteiger partial charge in [-0.15, -0.1) is 18.0 Å². The Bertz CT molecular complexity index is 256. The lowest BCUT2D eigenvalue weighted by Gasteiger charge is -2.04. The number of ketones is 1. The predicted octanol–water partition coefficient (Wildman–Crippen LogP) is 1.47. The quantitative estimate of drug-likeness (QED) is 0.547. The van der Waals surface area contributed by atoms with Crippen molar-refractivity contribution in [2.45, 2.75) is 26.1 Å². The fourth-order valence-electron chi connectivity index (χ4n) is 1.23. The molecule has 0 bridgehead atoms. The van der Waals surface area contributed by atoms with Gasteiger partial charge < -0.3 is 5.32 Å². The molecule has 0 saturated carbocycles. The van der Waals surface area contributed by atoms with Crippen molar-refractivity contribution in [3.05, 3.63) is 0 Å². The second-order valence-corrected chi connectivity index (χ2v) is 9.30. The summed E-state index contributed by atoms with van der Waals surface area (Å²) in [4.78, 5) is 11.5. The summed E-state index contributed by atoms with van der Waals surface area (Å²) in [5.74, 6) is 3.09. The predicted molar refractivity (Wildman–Crippen MR) is 64.4 cm³/mol. The average molecular weight is 232 g/mol. The van der Waals surface area contributed by atoms with E-state index < -0.39 is 8.07 Å². The molecule has 0 spiro atoms. The van der Waals surface area contributed by atoms with E-state index in [1.54, 1.807) is 0 Å². The lowest BCUT2D eigenvalue weighted by Crippen LogP contribution is -2.20. The minimum absolute atomic E-state index is 0. The molecular weight excluding hydrogens is 214 g/mol. The van der Waals surface area contributed by atoms with E-state index in [9.17, 15) is 4.79 Å². The zero-order valence-corrected chi connectivity index (χ0v) is 10.8. The van der Waals surface area contributed by atoms with E-state index >= 15 is 0 Å². The van der Waals surface area contributed by atoms with Gasteiger partial charge in [-0.25, -0.2) is 0 Å². The molecule has 1 unspecified atom stereocenters. The number of hydrogen-bond acceptors (Lipinski definition) is 2. The highest BCUT2D eigenvalue weighted by Gasteiger charge is 2.21. The molecule has 1 aliphatic rings. The molecule has 1 rings (SSSR count). The maximum Gasteiger partial charge on any atom is 0.209 e. The van der Waals surface area contributed by atoms with Gasteiger partial charge in [0.1, 0.15) is 8.07 Å². The van der Waals surface area contributed by atoms with Crippen molar-refractivity contribution in [3.63, 3.8) is 0 Å². The number of nitrogens with one attached hydrogen (secondary N) is 1. The first-order valence-electron chi connectivity index (χ1n) is 4.77. The Balaban J connectivity index is 0.00000169. The van der Waals surface area contributed by atoms with E-state index in [1.807, 2.05) is 0 Å². The van der Waals surface area contributed by atoms with Crippen LogP contribution < -0.4 is 5.32 Å². The number of hydrogen-bond donors (Lipinski definition) is 1. The molecule has 1 aliphatic heterocycles. The molecule has 0 radical (unpaired) electrons. The Hall–Kier alpha value is -0.303. The Labute approximate surface area is 93.3 Å². The molecule has 1 saturated heterocycles. The monoisotopic (exact) mass is 231 g/mol. The van der Waals surface area contributed by atoms with E-state index in [4.69, 9.17) is 0 Å². The highest BCUT2D eigenvalue weighted by Crippen LogP contribution is 2.08. The van der Waals surface area contributed by atoms with Crippen molar-refractivity contribution in [2.24, 2.45) is 5.92 Å². The molecule has 0 aromatic rings. The Kier molecular flexibility index (Phi) is 5.43. The second kappa shape index (κ2) is 5.55. The molecule has 1 fully saturated rings. The van der Waals surface area contributed by atoms with Crippen molar-refractivity contribution in [1.82, 2.24) is 5.32 Å². The van der Waals surface area contributed by atoms with Crippen molar-refractivity contribution in [3.8, 4) is 11.5 Å². The molecule has 4 heteroatoms. The van der Waals surface area contributed by atoms with Crippen LogP contribution in [0.3, 0.4) is 0 Å². The summed E-state index contributed by atoms with van der Waals surface area (Å²) >= 11 is 0. The summed E-state index contributed by atoms with van der Waals surface area (Å²) in [6, 6.07) is 0. The van der Waals surface area contributed by atoms with Crippen LogP contribution in [0.15, 0.2) is 0 Å². The first-order chi connectivity index (χ1) is 5.99. The first kappa shape index (κ1) is 13.7. The maximum atomic E-state index is 11.5. The van der Waals surface area contributed by atoms with Gasteiger partial charge in [-0.1, -0.05) is 19.6 Å². The summed E-state index contributed by atoms with van der Waals surface area (Å²) in [6.07, 6.45) is 0.958. The number of carbonyl (C=O) groups is 1. The van der Waals surface area contributed by atoms with Gasteiger partial charge in [0.15, 0.2) is 0 Å². The summed E-state index contributed by atoms with van der Waals surface area (Å²) in [7, 11) is -1.37. The van der Waals surface area contributed by atoms with Gasteiger partial charge in [0, 0.05) is 12.5 Å². The molecule has 0 amide bonds. The third kappa shape index (κ3) is 4.80. The van der Waals surface area contributed by atoms with E-state index in [2.05, 4.69) is 36.4 Å². The number of rotatable bonds is 1. The van der Waals surface area contributed by atoms with Crippen molar-refractivity contribution in [2.75, 3.05) is 13.1 Å². The van der Waals surface area contributed by atoms with Crippen LogP contribution in [0.5, 0.6) is 0 Å². The summed E-state index contributed by atoms with van der Waals surface area (Å²) < 4.78 is 0. The average Bonchev–Trinajstić information content (AvgIpc) is 2.50. The zero-order valence-electron chi connectivity index (χ0n) is 9.02. The molecular formula is C10H18ClNOSi. The molecule has 0 aromatic heterocycles. The van der Waals surface area contributed by atoms with Crippen LogP contribution in [0, 0.1) is 17.4 Å². The highest BCUT2D eigenvalue weighted by atomic mass is 35.5. The molecule has 0 aromatic carbocycles. The van der Waals surface area contributed by atoms with Gasteiger partial charge in [-0.2, -0.15) is 0 Å². The largest absolute Gasteiger partial charge is 0.316 e. The number of halogens is 1. The minimum atomic E-state index is -1.37. The van der Waals surface area contributed by atoms with Gasteiger partial charge in [-0.3, -0.25) is 4.79 Å². The molecule has 1 heterocycles. The van der Waals surface area contributed by atoms with Crippen LogP contribution in [0.1, 0.15) is 6.42 Å². The summed E-state index contributed by atoms with van der Waals surface area (Å²) in [5.41, 5.74) is 3.11. The van der Waals surface area contributed by atoms with E-state index in [0.717, 1.165) is 19.5 Å². The van der Waals surface area contributed by atoms with E-state index in [0.29, 0.717) is 0 Å². The fraction of sp³-hybridized carbons (Fsp3) is 0.700. The van der Waals surface area contributed by atoms with Crippen LogP contribution in [-0.4, -0.2) is 26.9 Å². The van der Waals surface area contributed by atoms with Crippen LogP contribution in [0.2, 0.25) is 19.6 Å². The normalized spacial score (nSPS) is 20.6. The molecule has 1 atom stereocenters. The van der Waals surface area contributed by atoms with Crippen molar-refractivity contribution < 1.29 is 4.79 Å². The third-order valence-corrected chi connectivity index (χ3v) is 2.87. The van der Waals surface area contributed by atoms with Gasteiger partial charge >= 0.3 is 0 Å². The van der Waals surface area contributed by atoms with E-state index in [-0.39, 0.29) is 24.1 Å². The van der Waals surface area contributed by atoms with Gasteiger partial charge in [-0.05, 0) is 18.9 Å². The third-order valence-electron chi connectivity index (χ3n) is 1.99. The molecule has 80 valence electrons. The standard InChI is InChI=1S/C10H17NOSi.ClH/c1-13(2,3)7-5-10(12)9-4-6-11-8-9;/h9,11H,4,6,8H2,1-3H3;1H. The van der Waals surface area contributed by atoms with Crippen LogP contribution >= 0.6 is 12.4 Å². The summed E-state index contributed by atoms with van der Waals surface area (Å²) in [6.45, 7) is 8.24. The first-order valence-corrected chi connectivity index (χ1v) is 8.27. The van der Waals surface area contributed by atoms with Gasteiger partial charge in [0.05, 0.1) is 0 Å². The van der Waals surface area contributed by atoms with Crippen molar-refractivity contribution in [1.29, 1.82) is 0 Å². The van der Waals surface area contributed by atoms with Gasteiger partial charge in [0.25, 0.3) is 0 Å². The lowest BCUT2D eigenvalue weighted by molar-refractivity contribution is -0.116. The lowest BCUT2D eigenvalue weighted by atomic mass is 10.0. The van der Waals surface area contributed by atoms with Gasteiger partial charge in [0.2, 0.25) is 5.78 Å². The Morgan fingerprint density at radius 2 is 2.07 bits per heavy atom. The van der Waals surface area contributed by atoms with Crippen LogP contribution in [0.4, 0.5) is 0 Å². The Morgan fingerprint density at radius 1 is 1.43 bits per heavy atom. The minimum Gasteiger partial charge on any atom is -0.316 e. The van der Waals surface area contributed by atoms with Crippen molar-refractivity contribution >= 4 is 26.3 Å². The van der Waals surface area contributed by atoms with Crippen LogP contribution in [0.25, 0.3) is 0 Å². The molecule has 2 nitrogen and oxygen atoms in total. The second-order valence-electron chi connectivity index (χ2n) is 4.55. The fourth-order valence-corrected chi connectivity index (χ4v) is 1.73. The SMILES string of the molecule is C[Si](C)(C)C#CC(=O)C1CCNC1.Cl. The highest BCUT2D eigenvalue weighted by molar-refractivity contribution is 6.84. The molecule has 1 N–H and O–H groups in total. The smallest absolute Gasteiger partial charge is 0.209 e. The molecule has 14 heavy (non-hydrogen) atoms. The van der Waals surface area contributed by atoms with E-state index in [1.165, 1.54) is 0 Å². The Morgan fingerprint density at radius 3 is 2.50 bits per heavy atom.